The summed E-state index contributed by atoms with van der Waals surface area (Å²) in [7, 11) is 1.15. The first-order chi connectivity index (χ1) is 17.1. The minimum absolute atomic E-state index is 0.0189. The molecule has 0 saturated heterocycles. The molecule has 2 aromatic rings. The molecule has 1 fully saturated rings. The van der Waals surface area contributed by atoms with Gasteiger partial charge in [0, 0.05) is 18.3 Å². The SMILES string of the molecule is CNC(=O)[C@@H](NC(=O)c1cc(NC(=O)c2cc(C)cc(C)c2OC)cc(B(O)O)c1)C1CCCCC1. The third-order valence-corrected chi connectivity index (χ3v) is 6.58. The number of carbonyl (C=O) groups excluding carboxylic acids is 3. The Bertz CT molecular complexity index is 1130. The molecule has 36 heavy (non-hydrogen) atoms. The number of hydrogen-bond donors (Lipinski definition) is 5. The van der Waals surface area contributed by atoms with Gasteiger partial charge in [0.25, 0.3) is 11.8 Å². The molecule has 0 bridgehead atoms. The molecular formula is C26H34BN3O6. The van der Waals surface area contributed by atoms with Crippen LogP contribution in [0, 0.1) is 19.8 Å². The molecule has 0 unspecified atom stereocenters. The number of ether oxygens (including phenoxy) is 1. The van der Waals surface area contributed by atoms with E-state index in [-0.39, 0.29) is 28.5 Å². The zero-order valence-corrected chi connectivity index (χ0v) is 21.2. The maximum absolute atomic E-state index is 13.2. The maximum atomic E-state index is 13.2. The van der Waals surface area contributed by atoms with Crippen molar-refractivity contribution in [3.63, 3.8) is 0 Å². The number of benzene rings is 2. The highest BCUT2D eigenvalue weighted by Gasteiger charge is 2.31. The molecule has 9 nitrogen and oxygen atoms in total. The summed E-state index contributed by atoms with van der Waals surface area (Å²) >= 11 is 0. The van der Waals surface area contributed by atoms with Crippen molar-refractivity contribution in [1.82, 2.24) is 10.6 Å². The van der Waals surface area contributed by atoms with Crippen LogP contribution in [-0.4, -0.2) is 55.1 Å². The van der Waals surface area contributed by atoms with Crippen LogP contribution >= 0.6 is 0 Å². The Kier molecular flexibility index (Phi) is 9.11. The van der Waals surface area contributed by atoms with Crippen LogP contribution in [0.3, 0.4) is 0 Å². The smallest absolute Gasteiger partial charge is 0.488 e. The number of anilines is 1. The molecule has 1 aliphatic rings. The molecule has 0 spiro atoms. The summed E-state index contributed by atoms with van der Waals surface area (Å²) < 4.78 is 5.41. The van der Waals surface area contributed by atoms with Crippen LogP contribution in [0.1, 0.15) is 63.9 Å². The van der Waals surface area contributed by atoms with E-state index in [9.17, 15) is 24.4 Å². The third-order valence-electron chi connectivity index (χ3n) is 6.58. The largest absolute Gasteiger partial charge is 0.496 e. The first-order valence-electron chi connectivity index (χ1n) is 12.1. The lowest BCUT2D eigenvalue weighted by molar-refractivity contribution is -0.124. The minimum atomic E-state index is -1.86. The van der Waals surface area contributed by atoms with Gasteiger partial charge >= 0.3 is 7.12 Å². The van der Waals surface area contributed by atoms with Crippen LogP contribution < -0.4 is 26.2 Å². The van der Waals surface area contributed by atoms with Gasteiger partial charge < -0.3 is 30.7 Å². The molecule has 0 aromatic heterocycles. The molecule has 3 rings (SSSR count). The Balaban J connectivity index is 1.90. The van der Waals surface area contributed by atoms with Gasteiger partial charge in [-0.05, 0) is 73.5 Å². The quantitative estimate of drug-likeness (QED) is 0.354. The monoisotopic (exact) mass is 495 g/mol. The molecule has 2 aromatic carbocycles. The number of carbonyl (C=O) groups is 3. The second kappa shape index (κ2) is 12.1. The normalized spacial score (nSPS) is 14.5. The Labute approximate surface area is 211 Å². The van der Waals surface area contributed by atoms with E-state index >= 15 is 0 Å². The molecule has 1 aliphatic carbocycles. The molecule has 0 radical (unpaired) electrons. The van der Waals surface area contributed by atoms with Crippen molar-refractivity contribution in [2.75, 3.05) is 19.5 Å². The number of likely N-dealkylation sites (N-methyl/N-ethyl adjacent to an activating group) is 1. The number of nitrogens with one attached hydrogen (secondary N) is 3. The van der Waals surface area contributed by atoms with Gasteiger partial charge in [-0.15, -0.1) is 0 Å². The van der Waals surface area contributed by atoms with Crippen LogP contribution in [0.2, 0.25) is 0 Å². The zero-order chi connectivity index (χ0) is 26.4. The molecule has 10 heteroatoms. The van der Waals surface area contributed by atoms with Crippen molar-refractivity contribution in [2.24, 2.45) is 5.92 Å². The lowest BCUT2D eigenvalue weighted by Crippen LogP contribution is -2.50. The van der Waals surface area contributed by atoms with Gasteiger partial charge in [0.15, 0.2) is 0 Å². The average Bonchev–Trinajstić information content (AvgIpc) is 2.86. The summed E-state index contributed by atoms with van der Waals surface area (Å²) in [5.74, 6) is -0.846. The third kappa shape index (κ3) is 6.44. The van der Waals surface area contributed by atoms with E-state index in [0.717, 1.165) is 43.2 Å². The molecule has 1 saturated carbocycles. The summed E-state index contributed by atoms with van der Waals surface area (Å²) in [4.78, 5) is 38.9. The summed E-state index contributed by atoms with van der Waals surface area (Å²) in [5, 5.41) is 27.8. The van der Waals surface area contributed by atoms with Crippen molar-refractivity contribution >= 4 is 36.0 Å². The number of rotatable bonds is 8. The van der Waals surface area contributed by atoms with E-state index in [1.54, 1.807) is 6.07 Å². The van der Waals surface area contributed by atoms with Crippen molar-refractivity contribution in [1.29, 1.82) is 0 Å². The van der Waals surface area contributed by atoms with Crippen molar-refractivity contribution < 1.29 is 29.2 Å². The number of methoxy groups -OCH3 is 1. The first kappa shape index (κ1) is 27.2. The van der Waals surface area contributed by atoms with E-state index in [0.29, 0.717) is 11.3 Å². The highest BCUT2D eigenvalue weighted by atomic mass is 16.5. The Morgan fingerprint density at radius 3 is 2.31 bits per heavy atom. The Morgan fingerprint density at radius 1 is 1.00 bits per heavy atom. The lowest BCUT2D eigenvalue weighted by Gasteiger charge is -2.29. The summed E-state index contributed by atoms with van der Waals surface area (Å²) in [6, 6.07) is 7.03. The summed E-state index contributed by atoms with van der Waals surface area (Å²) in [5.41, 5.74) is 2.30. The van der Waals surface area contributed by atoms with Gasteiger partial charge in [0.1, 0.15) is 11.8 Å². The molecule has 5 N–H and O–H groups in total. The van der Waals surface area contributed by atoms with Crippen LogP contribution in [0.15, 0.2) is 30.3 Å². The number of hydrogen-bond acceptors (Lipinski definition) is 6. The molecule has 3 amide bonds. The molecule has 1 atom stereocenters. The van der Waals surface area contributed by atoms with Crippen molar-refractivity contribution in [2.45, 2.75) is 52.0 Å². The molecular weight excluding hydrogens is 461 g/mol. The topological polar surface area (TPSA) is 137 Å². The van der Waals surface area contributed by atoms with Gasteiger partial charge in [-0.2, -0.15) is 0 Å². The van der Waals surface area contributed by atoms with Crippen LogP contribution in [0.4, 0.5) is 5.69 Å². The molecule has 192 valence electrons. The fourth-order valence-electron chi connectivity index (χ4n) is 4.84. The lowest BCUT2D eigenvalue weighted by atomic mass is 9.79. The van der Waals surface area contributed by atoms with Crippen LogP contribution in [0.25, 0.3) is 0 Å². The van der Waals surface area contributed by atoms with E-state index in [2.05, 4.69) is 16.0 Å². The van der Waals surface area contributed by atoms with Gasteiger partial charge in [-0.3, -0.25) is 14.4 Å². The van der Waals surface area contributed by atoms with Gasteiger partial charge in [-0.1, -0.05) is 25.3 Å². The highest BCUT2D eigenvalue weighted by Crippen LogP contribution is 2.28. The van der Waals surface area contributed by atoms with Crippen LogP contribution in [0.5, 0.6) is 5.75 Å². The van der Waals surface area contributed by atoms with E-state index in [4.69, 9.17) is 4.74 Å². The Morgan fingerprint density at radius 2 is 1.69 bits per heavy atom. The van der Waals surface area contributed by atoms with E-state index < -0.39 is 25.0 Å². The second-order valence-electron chi connectivity index (χ2n) is 9.30. The fraction of sp³-hybridized carbons (Fsp3) is 0.423. The van der Waals surface area contributed by atoms with Crippen molar-refractivity contribution in [3.8, 4) is 5.75 Å². The van der Waals surface area contributed by atoms with Crippen molar-refractivity contribution in [3.05, 3.63) is 52.6 Å². The summed E-state index contributed by atoms with van der Waals surface area (Å²) in [6.07, 6.45) is 4.78. The van der Waals surface area contributed by atoms with Gasteiger partial charge in [0.05, 0.1) is 12.7 Å². The fourth-order valence-corrected chi connectivity index (χ4v) is 4.84. The van der Waals surface area contributed by atoms with E-state index in [1.165, 1.54) is 32.4 Å². The zero-order valence-electron chi connectivity index (χ0n) is 21.2. The van der Waals surface area contributed by atoms with Gasteiger partial charge in [-0.25, -0.2) is 0 Å². The predicted octanol–water partition coefficient (Wildman–Crippen LogP) is 1.67. The Hall–Kier alpha value is -3.37. The standard InChI is InChI=1S/C26H34BN3O6/c1-15-10-16(2)23(36-4)21(11-15)25(32)29-20-13-18(12-19(14-20)27(34)35)24(31)30-22(26(33)28-3)17-8-6-5-7-9-17/h10-14,17,22,34-35H,5-9H2,1-4H3,(H,28,33)(H,29,32)(H,30,31)/t22-/m0/s1. The average molecular weight is 495 g/mol. The molecule has 0 heterocycles. The number of amides is 3. The first-order valence-corrected chi connectivity index (χ1v) is 12.1. The number of aryl methyl sites for hydroxylation is 2. The maximum Gasteiger partial charge on any atom is 0.488 e. The minimum Gasteiger partial charge on any atom is -0.496 e. The highest BCUT2D eigenvalue weighted by molar-refractivity contribution is 6.58. The van der Waals surface area contributed by atoms with Crippen LogP contribution in [-0.2, 0) is 4.79 Å². The summed E-state index contributed by atoms with van der Waals surface area (Å²) in [6.45, 7) is 3.70. The predicted molar refractivity (Wildman–Crippen MR) is 139 cm³/mol. The van der Waals surface area contributed by atoms with E-state index in [1.807, 2.05) is 19.9 Å². The molecule has 0 aliphatic heterocycles. The second-order valence-corrected chi connectivity index (χ2v) is 9.30. The van der Waals surface area contributed by atoms with Gasteiger partial charge in [0.2, 0.25) is 5.91 Å².